The molecular weight excluding hydrogens is 661 g/mol. The summed E-state index contributed by atoms with van der Waals surface area (Å²) in [5.41, 5.74) is 0.766. The van der Waals surface area contributed by atoms with Crippen molar-refractivity contribution < 1.29 is 19.1 Å². The molecule has 1 spiro atoms. The van der Waals surface area contributed by atoms with Crippen molar-refractivity contribution in [3.63, 3.8) is 0 Å². The van der Waals surface area contributed by atoms with Gasteiger partial charge in [-0.1, -0.05) is 80.8 Å². The number of amides is 3. The summed E-state index contributed by atoms with van der Waals surface area (Å²) in [6, 6.07) is 16.7. The van der Waals surface area contributed by atoms with Crippen LogP contribution in [0.3, 0.4) is 0 Å². The molecule has 6 unspecified atom stereocenters. The molecule has 8 atom stereocenters. The van der Waals surface area contributed by atoms with Crippen LogP contribution in [-0.2, 0) is 25.7 Å². The number of nitrogens with one attached hydrogen (secondary N) is 2. The first-order valence-corrected chi connectivity index (χ1v) is 18.1. The minimum absolute atomic E-state index is 0. The molecule has 7 rings (SSSR count). The van der Waals surface area contributed by atoms with E-state index in [4.69, 9.17) is 16.3 Å². The number of rotatable bonds is 10. The molecule has 1 saturated carbocycles. The fourth-order valence-electron chi connectivity index (χ4n) is 8.79. The molecule has 2 bridgehead atoms. The molecule has 4 fully saturated rings. The molecule has 264 valence electrons. The van der Waals surface area contributed by atoms with Crippen molar-refractivity contribution in [3.05, 3.63) is 77.3 Å². The predicted octanol–water partition coefficient (Wildman–Crippen LogP) is 5.00. The molecule has 9 nitrogen and oxygen atoms in total. The standard InChI is InChI=1S/C38H48ClN5O4.ClH/c1-25-8-6-11-30(26(25)2)41-36(46)34-38-17-16-31(48-38)32(35(45)40-29-14-12-28(39)13-15-29)33(38)37(47)44(34)19-7-18-42-20-22-43(23-21-42)24-27-9-4-3-5-10-27;/h3-5,9-10,12-17,25-26,30-34H,6-8,11,18-24H2,1-2H3,(H,40,45)(H,41,46);1H/t25?,26?,30?,31-,32?,33-,34?,38?;/m0./s1. The Balaban J connectivity index is 0.00000417. The lowest BCUT2D eigenvalue weighted by Crippen LogP contribution is -2.58. The second-order valence-corrected chi connectivity index (χ2v) is 15.0. The molecule has 3 saturated heterocycles. The molecule has 2 aromatic carbocycles. The first kappa shape index (κ1) is 35.9. The van der Waals surface area contributed by atoms with Gasteiger partial charge in [0.15, 0.2) is 0 Å². The lowest BCUT2D eigenvalue weighted by atomic mass is 9.73. The van der Waals surface area contributed by atoms with Gasteiger partial charge in [0.1, 0.15) is 11.6 Å². The smallest absolute Gasteiger partial charge is 0.246 e. The number of piperazine rings is 1. The number of anilines is 1. The molecule has 5 aliphatic rings. The van der Waals surface area contributed by atoms with Gasteiger partial charge < -0.3 is 25.2 Å². The van der Waals surface area contributed by atoms with E-state index in [-0.39, 0.29) is 36.2 Å². The topological polar surface area (TPSA) is 94.2 Å². The molecule has 0 aromatic heterocycles. The van der Waals surface area contributed by atoms with Crippen molar-refractivity contribution in [2.45, 2.75) is 69.9 Å². The van der Waals surface area contributed by atoms with Gasteiger partial charge >= 0.3 is 0 Å². The number of carbonyl (C=O) groups excluding carboxylic acids is 3. The lowest BCUT2D eigenvalue weighted by Gasteiger charge is -2.38. The van der Waals surface area contributed by atoms with E-state index in [1.807, 2.05) is 18.2 Å². The number of fused-ring (bicyclic) bond motifs is 1. The summed E-state index contributed by atoms with van der Waals surface area (Å²) in [4.78, 5) is 49.2. The molecule has 2 N–H and O–H groups in total. The highest BCUT2D eigenvalue weighted by molar-refractivity contribution is 6.30. The van der Waals surface area contributed by atoms with Crippen LogP contribution in [0, 0.1) is 23.7 Å². The van der Waals surface area contributed by atoms with Gasteiger partial charge in [-0.05, 0) is 61.1 Å². The molecule has 2 aromatic rings. The van der Waals surface area contributed by atoms with Gasteiger partial charge in [0, 0.05) is 56.0 Å². The summed E-state index contributed by atoms with van der Waals surface area (Å²) in [5.74, 6) is -1.26. The van der Waals surface area contributed by atoms with Crippen LogP contribution in [0.4, 0.5) is 5.69 Å². The Hall–Kier alpha value is -2.95. The van der Waals surface area contributed by atoms with E-state index in [1.54, 1.807) is 29.2 Å². The summed E-state index contributed by atoms with van der Waals surface area (Å²) in [7, 11) is 0. The van der Waals surface area contributed by atoms with E-state index in [9.17, 15) is 14.4 Å². The van der Waals surface area contributed by atoms with Gasteiger partial charge in [0.2, 0.25) is 17.7 Å². The largest absolute Gasteiger partial charge is 0.359 e. The molecule has 4 aliphatic heterocycles. The molecule has 3 amide bonds. The van der Waals surface area contributed by atoms with Gasteiger partial charge in [0.25, 0.3) is 0 Å². The number of benzene rings is 2. The van der Waals surface area contributed by atoms with Crippen molar-refractivity contribution in [3.8, 4) is 0 Å². The zero-order chi connectivity index (χ0) is 33.4. The van der Waals surface area contributed by atoms with E-state index in [2.05, 4.69) is 58.5 Å². The van der Waals surface area contributed by atoms with Crippen molar-refractivity contribution in [1.82, 2.24) is 20.0 Å². The lowest BCUT2D eigenvalue weighted by molar-refractivity contribution is -0.141. The van der Waals surface area contributed by atoms with Crippen molar-refractivity contribution in [2.24, 2.45) is 23.7 Å². The molecule has 4 heterocycles. The molecule has 11 heteroatoms. The van der Waals surface area contributed by atoms with Crippen LogP contribution >= 0.6 is 24.0 Å². The summed E-state index contributed by atoms with van der Waals surface area (Å²) >= 11 is 6.06. The Labute approximate surface area is 301 Å². The van der Waals surface area contributed by atoms with Gasteiger partial charge in [-0.15, -0.1) is 12.4 Å². The first-order chi connectivity index (χ1) is 23.2. The number of ether oxygens (including phenoxy) is 1. The predicted molar refractivity (Wildman–Crippen MR) is 193 cm³/mol. The normalized spacial score (nSPS) is 32.5. The zero-order valence-corrected chi connectivity index (χ0v) is 30.0. The summed E-state index contributed by atoms with van der Waals surface area (Å²) in [6.07, 6.45) is 7.10. The molecule has 49 heavy (non-hydrogen) atoms. The van der Waals surface area contributed by atoms with Crippen LogP contribution < -0.4 is 10.6 Å². The maximum atomic E-state index is 14.4. The Morgan fingerprint density at radius 2 is 1.65 bits per heavy atom. The SMILES string of the molecule is CC1CCCC(NC(=O)C2N(CCCN3CCN(Cc4ccccc4)CC3)C(=O)[C@@H]3C(C(=O)Nc4ccc(Cl)cc4)[C@@H]4C=CC23O4)C1C.Cl. The van der Waals surface area contributed by atoms with Gasteiger partial charge in [-0.3, -0.25) is 19.3 Å². The van der Waals surface area contributed by atoms with E-state index in [0.29, 0.717) is 29.1 Å². The minimum atomic E-state index is -1.17. The first-order valence-electron chi connectivity index (χ1n) is 17.8. The van der Waals surface area contributed by atoms with Crippen LogP contribution in [0.25, 0.3) is 0 Å². The second kappa shape index (κ2) is 15.1. The summed E-state index contributed by atoms with van der Waals surface area (Å²) in [5, 5.41) is 6.91. The maximum absolute atomic E-state index is 14.4. The van der Waals surface area contributed by atoms with Crippen molar-refractivity contribution >= 4 is 47.4 Å². The Bertz CT molecular complexity index is 1520. The Morgan fingerprint density at radius 3 is 2.39 bits per heavy atom. The maximum Gasteiger partial charge on any atom is 0.246 e. The number of likely N-dealkylation sites (tertiary alicyclic amines) is 1. The quantitative estimate of drug-likeness (QED) is 0.338. The molecule has 1 aliphatic carbocycles. The van der Waals surface area contributed by atoms with E-state index in [1.165, 1.54) is 5.56 Å². The average molecular weight is 711 g/mol. The highest BCUT2D eigenvalue weighted by Crippen LogP contribution is 2.55. The highest BCUT2D eigenvalue weighted by Gasteiger charge is 2.72. The van der Waals surface area contributed by atoms with E-state index >= 15 is 0 Å². The third kappa shape index (κ3) is 7.15. The number of hydrogen-bond acceptors (Lipinski definition) is 6. The van der Waals surface area contributed by atoms with E-state index in [0.717, 1.165) is 65.0 Å². The average Bonchev–Trinajstić information content (AvgIpc) is 3.73. The number of carbonyl (C=O) groups is 3. The third-order valence-electron chi connectivity index (χ3n) is 11.7. The number of halogens is 2. The van der Waals surface area contributed by atoms with Crippen LogP contribution in [0.1, 0.15) is 45.1 Å². The fraction of sp³-hybridized carbons (Fsp3) is 0.553. The van der Waals surface area contributed by atoms with Crippen LogP contribution in [0.5, 0.6) is 0 Å². The second-order valence-electron chi connectivity index (χ2n) is 14.6. The zero-order valence-electron chi connectivity index (χ0n) is 28.4. The monoisotopic (exact) mass is 709 g/mol. The van der Waals surface area contributed by atoms with Crippen LogP contribution in [0.15, 0.2) is 66.7 Å². The van der Waals surface area contributed by atoms with Crippen molar-refractivity contribution in [2.75, 3.05) is 44.6 Å². The van der Waals surface area contributed by atoms with Gasteiger partial charge in [0.05, 0.1) is 17.9 Å². The number of hydrogen-bond donors (Lipinski definition) is 2. The Morgan fingerprint density at radius 1 is 0.939 bits per heavy atom. The van der Waals surface area contributed by atoms with Crippen LogP contribution in [-0.4, -0.2) is 95.5 Å². The number of nitrogens with zero attached hydrogens (tertiary/aromatic N) is 3. The molecular formula is C38H49Cl2N5O4. The third-order valence-corrected chi connectivity index (χ3v) is 11.9. The highest BCUT2D eigenvalue weighted by atomic mass is 35.5. The fourth-order valence-corrected chi connectivity index (χ4v) is 8.92. The summed E-state index contributed by atoms with van der Waals surface area (Å²) < 4.78 is 6.57. The van der Waals surface area contributed by atoms with E-state index < -0.39 is 29.6 Å². The summed E-state index contributed by atoms with van der Waals surface area (Å²) in [6.45, 7) is 10.6. The molecule has 0 radical (unpaired) electrons. The van der Waals surface area contributed by atoms with Gasteiger partial charge in [-0.25, -0.2) is 0 Å². The van der Waals surface area contributed by atoms with Crippen LogP contribution in [0.2, 0.25) is 5.02 Å². The van der Waals surface area contributed by atoms with Gasteiger partial charge in [-0.2, -0.15) is 0 Å². The minimum Gasteiger partial charge on any atom is -0.359 e. The Kier molecular flexibility index (Phi) is 11.1. The van der Waals surface area contributed by atoms with Crippen molar-refractivity contribution in [1.29, 1.82) is 0 Å².